The number of nitrogens with zero attached hydrogens (tertiary/aromatic N) is 1. The van der Waals surface area contributed by atoms with Gasteiger partial charge in [0.15, 0.2) is 0 Å². The van der Waals surface area contributed by atoms with Gasteiger partial charge in [-0.25, -0.2) is 4.39 Å². The molecule has 0 bridgehead atoms. The number of carbonyl (C=O) groups is 1. The number of nitrogens with one attached hydrogen (secondary N) is 1. The SMILES string of the molecule is CCC(=O)NCCc1ccn2ccc(F)cc12. The Morgan fingerprint density at radius 3 is 2.94 bits per heavy atom. The van der Waals surface area contributed by atoms with E-state index in [4.69, 9.17) is 0 Å². The zero-order chi connectivity index (χ0) is 12.3. The maximum atomic E-state index is 13.1. The molecule has 1 N–H and O–H groups in total. The van der Waals surface area contributed by atoms with Gasteiger partial charge in [-0.3, -0.25) is 4.79 Å². The van der Waals surface area contributed by atoms with Crippen LogP contribution in [0.25, 0.3) is 5.52 Å². The van der Waals surface area contributed by atoms with Crippen molar-refractivity contribution in [2.45, 2.75) is 19.8 Å². The van der Waals surface area contributed by atoms with Crippen LogP contribution in [0, 0.1) is 5.82 Å². The highest BCUT2D eigenvalue weighted by molar-refractivity contribution is 5.75. The normalized spacial score (nSPS) is 10.7. The molecule has 0 atom stereocenters. The van der Waals surface area contributed by atoms with Crippen molar-refractivity contribution >= 4 is 11.4 Å². The molecule has 3 nitrogen and oxygen atoms in total. The molecule has 0 saturated carbocycles. The van der Waals surface area contributed by atoms with Crippen LogP contribution in [0.2, 0.25) is 0 Å². The van der Waals surface area contributed by atoms with E-state index in [0.717, 1.165) is 11.1 Å². The van der Waals surface area contributed by atoms with Crippen molar-refractivity contribution in [1.82, 2.24) is 9.72 Å². The van der Waals surface area contributed by atoms with E-state index in [1.807, 2.05) is 23.6 Å². The summed E-state index contributed by atoms with van der Waals surface area (Å²) < 4.78 is 15.0. The van der Waals surface area contributed by atoms with Crippen LogP contribution in [-0.4, -0.2) is 16.9 Å². The summed E-state index contributed by atoms with van der Waals surface area (Å²) in [5, 5.41) is 2.81. The molecule has 2 aromatic heterocycles. The first-order valence-electron chi connectivity index (χ1n) is 5.72. The van der Waals surface area contributed by atoms with Crippen LogP contribution >= 0.6 is 0 Å². The molecule has 0 fully saturated rings. The van der Waals surface area contributed by atoms with Gasteiger partial charge in [-0.05, 0) is 30.2 Å². The first-order valence-corrected chi connectivity index (χ1v) is 5.72. The quantitative estimate of drug-likeness (QED) is 0.864. The fourth-order valence-electron chi connectivity index (χ4n) is 1.80. The Balaban J connectivity index is 2.08. The zero-order valence-corrected chi connectivity index (χ0v) is 9.74. The largest absolute Gasteiger partial charge is 0.356 e. The van der Waals surface area contributed by atoms with Gasteiger partial charge in [-0.15, -0.1) is 0 Å². The summed E-state index contributed by atoms with van der Waals surface area (Å²) in [6, 6.07) is 4.89. The van der Waals surface area contributed by atoms with Crippen molar-refractivity contribution in [2.24, 2.45) is 0 Å². The van der Waals surface area contributed by atoms with E-state index in [1.54, 1.807) is 6.20 Å². The van der Waals surface area contributed by atoms with Crippen LogP contribution in [0.15, 0.2) is 30.6 Å². The second kappa shape index (κ2) is 4.99. The lowest BCUT2D eigenvalue weighted by Crippen LogP contribution is -2.24. The molecule has 2 aromatic rings. The van der Waals surface area contributed by atoms with Crippen LogP contribution in [0.5, 0.6) is 0 Å². The molecule has 0 aliphatic heterocycles. The van der Waals surface area contributed by atoms with Crippen molar-refractivity contribution in [1.29, 1.82) is 0 Å². The van der Waals surface area contributed by atoms with Gasteiger partial charge in [0.2, 0.25) is 5.91 Å². The van der Waals surface area contributed by atoms with Gasteiger partial charge in [-0.2, -0.15) is 0 Å². The van der Waals surface area contributed by atoms with Crippen LogP contribution in [0.4, 0.5) is 4.39 Å². The van der Waals surface area contributed by atoms with Crippen LogP contribution in [0.1, 0.15) is 18.9 Å². The average Bonchev–Trinajstić information content (AvgIpc) is 2.72. The highest BCUT2D eigenvalue weighted by Crippen LogP contribution is 2.14. The third kappa shape index (κ3) is 2.64. The van der Waals surface area contributed by atoms with Gasteiger partial charge in [0.1, 0.15) is 5.82 Å². The maximum absolute atomic E-state index is 13.1. The maximum Gasteiger partial charge on any atom is 0.219 e. The number of amides is 1. The molecule has 0 unspecified atom stereocenters. The van der Waals surface area contributed by atoms with E-state index >= 15 is 0 Å². The molecule has 0 aliphatic rings. The standard InChI is InChI=1S/C13H15FN2O/c1-2-13(17)15-6-3-10-4-7-16-8-5-11(14)9-12(10)16/h4-5,7-9H,2-3,6H2,1H3,(H,15,17). The third-order valence-electron chi connectivity index (χ3n) is 2.75. The summed E-state index contributed by atoms with van der Waals surface area (Å²) >= 11 is 0. The van der Waals surface area contributed by atoms with Crippen LogP contribution in [-0.2, 0) is 11.2 Å². The molecule has 2 rings (SSSR count). The number of aromatic nitrogens is 1. The minimum Gasteiger partial charge on any atom is -0.356 e. The predicted molar refractivity (Wildman–Crippen MR) is 64.4 cm³/mol. The average molecular weight is 234 g/mol. The van der Waals surface area contributed by atoms with Crippen LogP contribution < -0.4 is 5.32 Å². The molecule has 1 amide bonds. The molecule has 0 saturated heterocycles. The van der Waals surface area contributed by atoms with E-state index < -0.39 is 0 Å². The first-order chi connectivity index (χ1) is 8.20. The second-order valence-corrected chi connectivity index (χ2v) is 3.93. The van der Waals surface area contributed by atoms with Crippen molar-refractivity contribution in [2.75, 3.05) is 6.54 Å². The van der Waals surface area contributed by atoms with Crippen molar-refractivity contribution < 1.29 is 9.18 Å². The van der Waals surface area contributed by atoms with E-state index in [1.165, 1.54) is 12.1 Å². The van der Waals surface area contributed by atoms with Crippen molar-refractivity contribution in [3.05, 3.63) is 42.0 Å². The number of halogens is 1. The minimum atomic E-state index is -0.241. The summed E-state index contributed by atoms with van der Waals surface area (Å²) in [4.78, 5) is 11.1. The highest BCUT2D eigenvalue weighted by atomic mass is 19.1. The lowest BCUT2D eigenvalue weighted by atomic mass is 10.2. The molecule has 0 spiro atoms. The predicted octanol–water partition coefficient (Wildman–Crippen LogP) is 2.15. The lowest BCUT2D eigenvalue weighted by molar-refractivity contribution is -0.120. The molecular formula is C13H15FN2O. The van der Waals surface area contributed by atoms with Gasteiger partial charge < -0.3 is 9.72 Å². The Morgan fingerprint density at radius 2 is 2.18 bits per heavy atom. The summed E-state index contributed by atoms with van der Waals surface area (Å²) in [5.41, 5.74) is 1.90. The number of rotatable bonds is 4. The number of carbonyl (C=O) groups excluding carboxylic acids is 1. The fourth-order valence-corrected chi connectivity index (χ4v) is 1.80. The molecule has 0 aromatic carbocycles. The van der Waals surface area contributed by atoms with E-state index in [9.17, 15) is 9.18 Å². The van der Waals surface area contributed by atoms with Gasteiger partial charge in [0.05, 0.1) is 5.52 Å². The van der Waals surface area contributed by atoms with Crippen molar-refractivity contribution in [3.8, 4) is 0 Å². The summed E-state index contributed by atoms with van der Waals surface area (Å²) in [7, 11) is 0. The second-order valence-electron chi connectivity index (χ2n) is 3.93. The summed E-state index contributed by atoms with van der Waals surface area (Å²) in [6.45, 7) is 2.40. The number of hydrogen-bond acceptors (Lipinski definition) is 1. The smallest absolute Gasteiger partial charge is 0.219 e. The number of hydrogen-bond donors (Lipinski definition) is 1. The topological polar surface area (TPSA) is 33.5 Å². The van der Waals surface area contributed by atoms with Gasteiger partial charge in [0.25, 0.3) is 0 Å². The Bertz CT molecular complexity index is 533. The van der Waals surface area contributed by atoms with Crippen molar-refractivity contribution in [3.63, 3.8) is 0 Å². The zero-order valence-electron chi connectivity index (χ0n) is 9.74. The Hall–Kier alpha value is -1.84. The van der Waals surface area contributed by atoms with E-state index in [-0.39, 0.29) is 11.7 Å². The van der Waals surface area contributed by atoms with Crippen LogP contribution in [0.3, 0.4) is 0 Å². The molecule has 2 heterocycles. The Labute approximate surface area is 99.3 Å². The summed E-state index contributed by atoms with van der Waals surface area (Å²) in [5.74, 6) is -0.199. The number of fused-ring (bicyclic) bond motifs is 1. The fraction of sp³-hybridized carbons (Fsp3) is 0.308. The number of pyridine rings is 1. The first kappa shape index (κ1) is 11.6. The molecular weight excluding hydrogens is 219 g/mol. The molecule has 4 heteroatoms. The van der Waals surface area contributed by atoms with Gasteiger partial charge in [-0.1, -0.05) is 6.92 Å². The third-order valence-corrected chi connectivity index (χ3v) is 2.75. The molecule has 0 radical (unpaired) electrons. The highest BCUT2D eigenvalue weighted by Gasteiger charge is 2.04. The molecule has 0 aliphatic carbocycles. The lowest BCUT2D eigenvalue weighted by Gasteiger charge is -2.03. The van der Waals surface area contributed by atoms with Gasteiger partial charge in [0, 0.05) is 25.4 Å². The van der Waals surface area contributed by atoms with E-state index in [0.29, 0.717) is 19.4 Å². The molecule has 90 valence electrons. The van der Waals surface area contributed by atoms with Gasteiger partial charge >= 0.3 is 0 Å². The van der Waals surface area contributed by atoms with E-state index in [2.05, 4.69) is 5.32 Å². The molecule has 17 heavy (non-hydrogen) atoms. The Morgan fingerprint density at radius 1 is 1.41 bits per heavy atom. The summed E-state index contributed by atoms with van der Waals surface area (Å²) in [6.07, 6.45) is 4.79. The monoisotopic (exact) mass is 234 g/mol. The Kier molecular flexibility index (Phi) is 3.42. The minimum absolute atomic E-state index is 0.0414.